The van der Waals surface area contributed by atoms with Gasteiger partial charge < -0.3 is 20.5 Å². The Balaban J connectivity index is 0.00000338. The number of carbonyl (C=O) groups is 2. The van der Waals surface area contributed by atoms with Gasteiger partial charge in [-0.15, -0.1) is 12.4 Å². The van der Waals surface area contributed by atoms with E-state index in [0.29, 0.717) is 49.0 Å². The summed E-state index contributed by atoms with van der Waals surface area (Å²) in [5.41, 5.74) is 6.32. The Morgan fingerprint density at radius 3 is 2.69 bits per heavy atom. The molecule has 2 atom stereocenters. The number of hydrogen-bond donors (Lipinski definition) is 2. The largest absolute Gasteiger partial charge is 0.493 e. The van der Waals surface area contributed by atoms with Gasteiger partial charge in [-0.25, -0.2) is 0 Å². The van der Waals surface area contributed by atoms with Crippen LogP contribution < -0.4 is 20.5 Å². The normalized spacial score (nSPS) is 18.7. The third-order valence-corrected chi connectivity index (χ3v) is 4.68. The summed E-state index contributed by atoms with van der Waals surface area (Å²) in [6.45, 7) is 2.55. The minimum atomic E-state index is -0.0239. The number of ether oxygens (including phenoxy) is 2. The smallest absolute Gasteiger partial charge is 0.220 e. The minimum absolute atomic E-state index is 0. The monoisotopic (exact) mass is 384 g/mol. The Hall–Kier alpha value is -1.79. The molecule has 1 aliphatic rings. The molecule has 1 aromatic carbocycles. The van der Waals surface area contributed by atoms with E-state index in [1.165, 1.54) is 14.0 Å². The lowest BCUT2D eigenvalue weighted by Crippen LogP contribution is -2.39. The number of ketones is 1. The van der Waals surface area contributed by atoms with Crippen LogP contribution in [0.25, 0.3) is 0 Å². The van der Waals surface area contributed by atoms with Crippen molar-refractivity contribution in [2.45, 2.75) is 45.1 Å². The molecule has 0 radical (unpaired) electrons. The van der Waals surface area contributed by atoms with Gasteiger partial charge in [0.05, 0.1) is 13.7 Å². The number of benzene rings is 1. The maximum atomic E-state index is 12.0. The second-order valence-electron chi connectivity index (χ2n) is 6.47. The lowest BCUT2D eigenvalue weighted by molar-refractivity contribution is -0.122. The molecule has 1 aromatic rings. The average molecular weight is 385 g/mol. The summed E-state index contributed by atoms with van der Waals surface area (Å²) in [5.74, 6) is 1.53. The van der Waals surface area contributed by atoms with E-state index in [-0.39, 0.29) is 30.1 Å². The zero-order valence-electron chi connectivity index (χ0n) is 15.5. The number of halogens is 1. The molecule has 1 saturated carbocycles. The fourth-order valence-corrected chi connectivity index (χ4v) is 3.21. The van der Waals surface area contributed by atoms with E-state index >= 15 is 0 Å². The molecule has 0 saturated heterocycles. The van der Waals surface area contributed by atoms with E-state index in [2.05, 4.69) is 5.32 Å². The van der Waals surface area contributed by atoms with Gasteiger partial charge in [0.15, 0.2) is 17.3 Å². The van der Waals surface area contributed by atoms with Crippen molar-refractivity contribution in [2.75, 3.05) is 20.3 Å². The van der Waals surface area contributed by atoms with Gasteiger partial charge in [-0.1, -0.05) is 6.42 Å². The number of nitrogens with two attached hydrogens (primary N) is 1. The van der Waals surface area contributed by atoms with Crippen LogP contribution in [0.15, 0.2) is 18.2 Å². The molecule has 1 amide bonds. The summed E-state index contributed by atoms with van der Waals surface area (Å²) < 4.78 is 10.9. The first kappa shape index (κ1) is 22.3. The zero-order valence-corrected chi connectivity index (χ0v) is 16.3. The van der Waals surface area contributed by atoms with Crippen LogP contribution in [-0.2, 0) is 4.79 Å². The first-order valence-corrected chi connectivity index (χ1v) is 8.86. The second kappa shape index (κ2) is 11.0. The van der Waals surface area contributed by atoms with Gasteiger partial charge >= 0.3 is 0 Å². The van der Waals surface area contributed by atoms with Gasteiger partial charge in [-0.3, -0.25) is 9.59 Å². The molecule has 7 heteroatoms. The van der Waals surface area contributed by atoms with Crippen LogP contribution >= 0.6 is 12.4 Å². The minimum Gasteiger partial charge on any atom is -0.493 e. The molecule has 0 aliphatic heterocycles. The van der Waals surface area contributed by atoms with E-state index in [1.54, 1.807) is 18.2 Å². The molecule has 146 valence electrons. The van der Waals surface area contributed by atoms with Crippen molar-refractivity contribution in [1.29, 1.82) is 0 Å². The highest BCUT2D eigenvalue weighted by molar-refractivity contribution is 5.94. The van der Waals surface area contributed by atoms with Crippen LogP contribution in [0.5, 0.6) is 11.5 Å². The Labute approximate surface area is 161 Å². The molecule has 0 heterocycles. The maximum absolute atomic E-state index is 12.0. The Morgan fingerprint density at radius 1 is 1.27 bits per heavy atom. The van der Waals surface area contributed by atoms with Gasteiger partial charge in [-0.2, -0.15) is 0 Å². The summed E-state index contributed by atoms with van der Waals surface area (Å²) in [7, 11) is 1.54. The second-order valence-corrected chi connectivity index (χ2v) is 6.47. The number of Topliss-reactive ketones (excluding diaryl/α,β-unsaturated/α-hetero) is 1. The lowest BCUT2D eigenvalue weighted by atomic mass is 10.0. The van der Waals surface area contributed by atoms with Crippen LogP contribution in [-0.4, -0.2) is 38.0 Å². The van der Waals surface area contributed by atoms with Crippen LogP contribution in [0, 0.1) is 5.92 Å². The zero-order chi connectivity index (χ0) is 18.2. The van der Waals surface area contributed by atoms with Crippen molar-refractivity contribution in [3.63, 3.8) is 0 Å². The SMILES string of the molecule is COc1cc(C(C)=O)ccc1OCCCC(=O)NC1CCCC1CN.Cl. The fraction of sp³-hybridized carbons (Fsp3) is 0.579. The summed E-state index contributed by atoms with van der Waals surface area (Å²) in [5, 5.41) is 3.08. The van der Waals surface area contributed by atoms with E-state index in [9.17, 15) is 9.59 Å². The number of methoxy groups -OCH3 is 1. The number of hydrogen-bond acceptors (Lipinski definition) is 5. The Morgan fingerprint density at radius 2 is 2.04 bits per heavy atom. The molecule has 2 rings (SSSR count). The van der Waals surface area contributed by atoms with E-state index in [4.69, 9.17) is 15.2 Å². The van der Waals surface area contributed by atoms with Crippen molar-refractivity contribution in [3.05, 3.63) is 23.8 Å². The Kier molecular flexibility index (Phi) is 9.44. The predicted octanol–water partition coefficient (Wildman–Crippen LogP) is 2.72. The molecular formula is C19H29ClN2O4. The molecule has 6 nitrogen and oxygen atoms in total. The van der Waals surface area contributed by atoms with Crippen LogP contribution in [0.1, 0.15) is 49.4 Å². The van der Waals surface area contributed by atoms with E-state index in [1.807, 2.05) is 0 Å². The van der Waals surface area contributed by atoms with Crippen molar-refractivity contribution in [2.24, 2.45) is 11.7 Å². The molecule has 0 aromatic heterocycles. The highest BCUT2D eigenvalue weighted by Gasteiger charge is 2.26. The summed E-state index contributed by atoms with van der Waals surface area (Å²) in [4.78, 5) is 23.4. The molecule has 26 heavy (non-hydrogen) atoms. The predicted molar refractivity (Wildman–Crippen MR) is 103 cm³/mol. The first-order valence-electron chi connectivity index (χ1n) is 8.86. The van der Waals surface area contributed by atoms with Crippen molar-refractivity contribution in [1.82, 2.24) is 5.32 Å². The Bertz CT molecular complexity index is 609. The van der Waals surface area contributed by atoms with Crippen molar-refractivity contribution >= 4 is 24.1 Å². The topological polar surface area (TPSA) is 90.6 Å². The molecule has 0 spiro atoms. The van der Waals surface area contributed by atoms with E-state index < -0.39 is 0 Å². The number of rotatable bonds is 9. The first-order chi connectivity index (χ1) is 12.0. The number of amides is 1. The van der Waals surface area contributed by atoms with Crippen LogP contribution in [0.2, 0.25) is 0 Å². The quantitative estimate of drug-likeness (QED) is 0.504. The highest BCUT2D eigenvalue weighted by atomic mass is 35.5. The van der Waals surface area contributed by atoms with Gasteiger partial charge in [-0.05, 0) is 56.8 Å². The van der Waals surface area contributed by atoms with Crippen molar-refractivity contribution in [3.8, 4) is 11.5 Å². The maximum Gasteiger partial charge on any atom is 0.220 e. The van der Waals surface area contributed by atoms with Gasteiger partial charge in [0.2, 0.25) is 5.91 Å². The van der Waals surface area contributed by atoms with E-state index in [0.717, 1.165) is 19.3 Å². The lowest BCUT2D eigenvalue weighted by Gasteiger charge is -2.19. The van der Waals surface area contributed by atoms with Crippen LogP contribution in [0.4, 0.5) is 0 Å². The van der Waals surface area contributed by atoms with Crippen LogP contribution in [0.3, 0.4) is 0 Å². The van der Waals surface area contributed by atoms with Crippen molar-refractivity contribution < 1.29 is 19.1 Å². The summed E-state index contributed by atoms with van der Waals surface area (Å²) in [6, 6.07) is 5.31. The van der Waals surface area contributed by atoms with Gasteiger partial charge in [0, 0.05) is 18.0 Å². The third kappa shape index (κ3) is 6.18. The molecule has 3 N–H and O–H groups in total. The number of carbonyl (C=O) groups excluding carboxylic acids is 2. The van der Waals surface area contributed by atoms with Gasteiger partial charge in [0.1, 0.15) is 0 Å². The van der Waals surface area contributed by atoms with Gasteiger partial charge in [0.25, 0.3) is 0 Å². The highest BCUT2D eigenvalue weighted by Crippen LogP contribution is 2.28. The third-order valence-electron chi connectivity index (χ3n) is 4.68. The molecule has 0 bridgehead atoms. The average Bonchev–Trinajstić information content (AvgIpc) is 3.05. The number of nitrogens with one attached hydrogen (secondary N) is 1. The summed E-state index contributed by atoms with van der Waals surface area (Å²) >= 11 is 0. The molecule has 1 aliphatic carbocycles. The molecule has 2 unspecified atom stereocenters. The fourth-order valence-electron chi connectivity index (χ4n) is 3.21. The summed E-state index contributed by atoms with van der Waals surface area (Å²) in [6.07, 6.45) is 4.28. The molecule has 1 fully saturated rings. The standard InChI is InChI=1S/C19H28N2O4.ClH/c1-13(22)14-8-9-17(18(11-14)24-2)25-10-4-7-19(23)21-16-6-3-5-15(16)12-20;/h8-9,11,15-16H,3-7,10,12,20H2,1-2H3,(H,21,23);1H. The molecular weight excluding hydrogens is 356 g/mol.